The van der Waals surface area contributed by atoms with Crippen LogP contribution in [0.2, 0.25) is 0 Å². The lowest BCUT2D eigenvalue weighted by Crippen LogP contribution is -2.37. The molecule has 1 aromatic heterocycles. The van der Waals surface area contributed by atoms with Gasteiger partial charge in [0.05, 0.1) is 10.6 Å². The summed E-state index contributed by atoms with van der Waals surface area (Å²) in [6.45, 7) is 1.47. The van der Waals surface area contributed by atoms with E-state index in [9.17, 15) is 19.7 Å². The summed E-state index contributed by atoms with van der Waals surface area (Å²) >= 11 is 0. The van der Waals surface area contributed by atoms with E-state index in [1.807, 2.05) is 0 Å². The van der Waals surface area contributed by atoms with Crippen molar-refractivity contribution in [2.75, 3.05) is 5.32 Å². The number of nitrogens with one attached hydrogen (secondary N) is 1. The molecular formula is C15H14N3O4+. The topological polar surface area (TPSA) is 93.2 Å². The van der Waals surface area contributed by atoms with Gasteiger partial charge >= 0.3 is 0 Å². The molecule has 0 saturated carbocycles. The smallest absolute Gasteiger partial charge is 0.270 e. The number of non-ortho nitro benzene ring substituents is 1. The highest BCUT2D eigenvalue weighted by Crippen LogP contribution is 2.13. The van der Waals surface area contributed by atoms with E-state index in [0.717, 1.165) is 0 Å². The van der Waals surface area contributed by atoms with E-state index in [1.54, 1.807) is 35.2 Å². The molecule has 1 aromatic carbocycles. The zero-order chi connectivity index (χ0) is 16.1. The fraction of sp³-hybridized carbons (Fsp3) is 0.133. The second-order valence-electron chi connectivity index (χ2n) is 4.67. The molecule has 0 fully saturated rings. The number of amides is 1. The van der Waals surface area contributed by atoms with Crippen LogP contribution in [0.15, 0.2) is 48.8 Å². The second kappa shape index (κ2) is 6.57. The normalized spacial score (nSPS) is 10.0. The minimum Gasteiger partial charge on any atom is -0.326 e. The number of hydrogen-bond acceptors (Lipinski definition) is 4. The SMILES string of the molecule is CC(=O)Nc1cc[n+](CC(=O)c2cccc([N+](=O)[O-])c2)cc1. The fourth-order valence-electron chi connectivity index (χ4n) is 1.90. The predicted octanol–water partition coefficient (Wildman–Crippen LogP) is 1.72. The van der Waals surface area contributed by atoms with Crippen molar-refractivity contribution in [3.8, 4) is 0 Å². The summed E-state index contributed by atoms with van der Waals surface area (Å²) in [6.07, 6.45) is 3.31. The fourth-order valence-corrected chi connectivity index (χ4v) is 1.90. The number of aromatic nitrogens is 1. The highest BCUT2D eigenvalue weighted by Gasteiger charge is 2.15. The van der Waals surface area contributed by atoms with Crippen molar-refractivity contribution in [2.24, 2.45) is 0 Å². The summed E-state index contributed by atoms with van der Waals surface area (Å²) in [6, 6.07) is 8.96. The Bertz CT molecular complexity index is 726. The van der Waals surface area contributed by atoms with Crippen LogP contribution in [0.1, 0.15) is 17.3 Å². The van der Waals surface area contributed by atoms with Crippen molar-refractivity contribution in [2.45, 2.75) is 13.5 Å². The number of carbonyl (C=O) groups is 2. The summed E-state index contributed by atoms with van der Waals surface area (Å²) in [5.41, 5.74) is 0.802. The Morgan fingerprint density at radius 1 is 1.23 bits per heavy atom. The van der Waals surface area contributed by atoms with Crippen molar-refractivity contribution >= 4 is 23.1 Å². The third-order valence-corrected chi connectivity index (χ3v) is 2.92. The first-order valence-electron chi connectivity index (χ1n) is 6.50. The number of carbonyl (C=O) groups excluding carboxylic acids is 2. The summed E-state index contributed by atoms with van der Waals surface area (Å²) in [4.78, 5) is 33.2. The van der Waals surface area contributed by atoms with Gasteiger partial charge in [-0.25, -0.2) is 0 Å². The molecule has 0 atom stereocenters. The van der Waals surface area contributed by atoms with Crippen LogP contribution in [0.3, 0.4) is 0 Å². The van der Waals surface area contributed by atoms with Gasteiger partial charge in [-0.2, -0.15) is 4.57 Å². The van der Waals surface area contributed by atoms with Gasteiger partial charge in [0, 0.05) is 36.8 Å². The molecule has 0 aliphatic rings. The zero-order valence-electron chi connectivity index (χ0n) is 11.9. The van der Waals surface area contributed by atoms with Crippen molar-refractivity contribution in [3.05, 3.63) is 64.5 Å². The first-order valence-corrected chi connectivity index (χ1v) is 6.50. The Hall–Kier alpha value is -3.09. The van der Waals surface area contributed by atoms with E-state index in [1.165, 1.54) is 25.1 Å². The maximum atomic E-state index is 12.1. The van der Waals surface area contributed by atoms with Gasteiger partial charge in [-0.15, -0.1) is 0 Å². The molecule has 0 unspecified atom stereocenters. The van der Waals surface area contributed by atoms with Crippen LogP contribution >= 0.6 is 0 Å². The average Bonchev–Trinajstić information content (AvgIpc) is 2.49. The number of ketones is 1. The molecule has 0 saturated heterocycles. The largest absolute Gasteiger partial charge is 0.326 e. The third kappa shape index (κ3) is 3.95. The van der Waals surface area contributed by atoms with Crippen LogP contribution < -0.4 is 9.88 Å². The molecule has 7 nitrogen and oxygen atoms in total. The monoisotopic (exact) mass is 300 g/mol. The number of pyridine rings is 1. The Balaban J connectivity index is 2.10. The lowest BCUT2D eigenvalue weighted by molar-refractivity contribution is -0.683. The molecular weight excluding hydrogens is 286 g/mol. The number of anilines is 1. The number of hydrogen-bond donors (Lipinski definition) is 1. The molecule has 1 N–H and O–H groups in total. The van der Waals surface area contributed by atoms with E-state index >= 15 is 0 Å². The maximum absolute atomic E-state index is 12.1. The quantitative estimate of drug-likeness (QED) is 0.394. The summed E-state index contributed by atoms with van der Waals surface area (Å²) in [7, 11) is 0. The maximum Gasteiger partial charge on any atom is 0.270 e. The summed E-state index contributed by atoms with van der Waals surface area (Å²) in [5.74, 6) is -0.411. The van der Waals surface area contributed by atoms with Crippen LogP contribution in [0.25, 0.3) is 0 Å². The predicted molar refractivity (Wildman–Crippen MR) is 78.4 cm³/mol. The highest BCUT2D eigenvalue weighted by atomic mass is 16.6. The minimum absolute atomic E-state index is 0.0571. The highest BCUT2D eigenvalue weighted by molar-refractivity contribution is 5.95. The van der Waals surface area contributed by atoms with Crippen molar-refractivity contribution in [3.63, 3.8) is 0 Å². The molecule has 1 heterocycles. The van der Waals surface area contributed by atoms with Crippen LogP contribution in [-0.2, 0) is 11.3 Å². The lowest BCUT2D eigenvalue weighted by Gasteiger charge is -2.01. The average molecular weight is 300 g/mol. The Morgan fingerprint density at radius 2 is 1.91 bits per heavy atom. The summed E-state index contributed by atoms with van der Waals surface area (Å²) in [5, 5.41) is 13.3. The van der Waals surface area contributed by atoms with Crippen LogP contribution in [0.5, 0.6) is 0 Å². The van der Waals surface area contributed by atoms with E-state index < -0.39 is 4.92 Å². The molecule has 22 heavy (non-hydrogen) atoms. The molecule has 0 spiro atoms. The minimum atomic E-state index is -0.536. The third-order valence-electron chi connectivity index (χ3n) is 2.92. The number of nitrogens with zero attached hydrogens (tertiary/aromatic N) is 2. The van der Waals surface area contributed by atoms with Crippen molar-refractivity contribution in [1.82, 2.24) is 0 Å². The van der Waals surface area contributed by atoms with Gasteiger partial charge < -0.3 is 5.32 Å². The second-order valence-corrected chi connectivity index (χ2v) is 4.67. The Kier molecular flexibility index (Phi) is 4.57. The molecule has 1 amide bonds. The van der Waals surface area contributed by atoms with E-state index in [-0.39, 0.29) is 29.5 Å². The van der Waals surface area contributed by atoms with E-state index in [2.05, 4.69) is 5.32 Å². The first-order chi connectivity index (χ1) is 10.5. The zero-order valence-corrected chi connectivity index (χ0v) is 11.9. The van der Waals surface area contributed by atoms with Gasteiger partial charge in [-0.3, -0.25) is 19.7 Å². The summed E-state index contributed by atoms with van der Waals surface area (Å²) < 4.78 is 1.63. The van der Waals surface area contributed by atoms with Gasteiger partial charge in [0.25, 0.3) is 5.69 Å². The number of Topliss-reactive ketones (excluding diaryl/α,β-unsaturated/α-hetero) is 1. The Labute approximate surface area is 126 Å². The van der Waals surface area contributed by atoms with Crippen molar-refractivity contribution in [1.29, 1.82) is 0 Å². The molecule has 0 aliphatic carbocycles. The molecule has 0 radical (unpaired) electrons. The number of rotatable bonds is 5. The number of nitro groups is 1. The molecule has 112 valence electrons. The van der Waals surface area contributed by atoms with Crippen LogP contribution in [0.4, 0.5) is 11.4 Å². The molecule has 0 bridgehead atoms. The van der Waals surface area contributed by atoms with Gasteiger partial charge in [-0.1, -0.05) is 12.1 Å². The van der Waals surface area contributed by atoms with E-state index in [4.69, 9.17) is 0 Å². The Morgan fingerprint density at radius 3 is 2.50 bits per heavy atom. The van der Waals surface area contributed by atoms with Gasteiger partial charge in [-0.05, 0) is 0 Å². The van der Waals surface area contributed by atoms with Crippen LogP contribution in [0, 0.1) is 10.1 Å². The first kappa shape index (κ1) is 15.3. The van der Waals surface area contributed by atoms with Gasteiger partial charge in [0.15, 0.2) is 12.4 Å². The van der Waals surface area contributed by atoms with Crippen LogP contribution in [-0.4, -0.2) is 16.6 Å². The number of nitro benzene ring substituents is 1. The lowest BCUT2D eigenvalue weighted by atomic mass is 10.1. The molecule has 2 aromatic rings. The molecule has 2 rings (SSSR count). The number of benzene rings is 1. The van der Waals surface area contributed by atoms with Gasteiger partial charge in [0.2, 0.25) is 18.2 Å². The standard InChI is InChI=1S/C15H13N3O4/c1-11(19)16-13-5-7-17(8-6-13)10-15(20)12-3-2-4-14(9-12)18(21)22/h2-9H,10H2,1H3/p+1. The van der Waals surface area contributed by atoms with Gasteiger partial charge in [0.1, 0.15) is 0 Å². The van der Waals surface area contributed by atoms with E-state index in [0.29, 0.717) is 5.69 Å². The van der Waals surface area contributed by atoms with Crippen molar-refractivity contribution < 1.29 is 19.1 Å². The molecule has 7 heteroatoms. The molecule has 0 aliphatic heterocycles.